The lowest BCUT2D eigenvalue weighted by Gasteiger charge is -2.24. The number of hydrogen-bond acceptors (Lipinski definition) is 3. The second-order valence-electron chi connectivity index (χ2n) is 4.72. The van der Waals surface area contributed by atoms with Crippen LogP contribution < -0.4 is 10.6 Å². The molecular formula is C13H23N3. The van der Waals surface area contributed by atoms with Gasteiger partial charge in [0, 0.05) is 38.1 Å². The number of nitrogens with one attached hydrogen (secondary N) is 2. The summed E-state index contributed by atoms with van der Waals surface area (Å²) in [6, 6.07) is 4.58. The fourth-order valence-corrected chi connectivity index (χ4v) is 1.48. The van der Waals surface area contributed by atoms with Crippen molar-refractivity contribution in [2.75, 3.05) is 19.6 Å². The molecule has 1 aliphatic heterocycles. The minimum atomic E-state index is 0.460. The fourth-order valence-electron chi connectivity index (χ4n) is 1.48. The zero-order chi connectivity index (χ0) is 11.8. The molecule has 1 fully saturated rings. The molecule has 1 aromatic heterocycles. The van der Waals surface area contributed by atoms with Gasteiger partial charge in [-0.15, -0.1) is 0 Å². The first-order valence-electron chi connectivity index (χ1n) is 6.04. The van der Waals surface area contributed by atoms with Gasteiger partial charge in [-0.1, -0.05) is 20.8 Å². The average Bonchev–Trinajstić information content (AvgIpc) is 2.31. The Morgan fingerprint density at radius 1 is 1.19 bits per heavy atom. The normalized spacial score (nSPS) is 20.1. The number of nitrogens with zero attached hydrogens (tertiary/aromatic N) is 1. The zero-order valence-corrected chi connectivity index (χ0v) is 10.5. The minimum Gasteiger partial charge on any atom is -0.314 e. The molecule has 1 aliphatic rings. The van der Waals surface area contributed by atoms with Crippen molar-refractivity contribution in [1.29, 1.82) is 0 Å². The summed E-state index contributed by atoms with van der Waals surface area (Å²) in [6.07, 6.45) is 3.68. The third-order valence-electron chi connectivity index (χ3n) is 2.15. The molecule has 0 spiro atoms. The molecule has 2 N–H and O–H groups in total. The largest absolute Gasteiger partial charge is 0.314 e. The van der Waals surface area contributed by atoms with Crippen LogP contribution >= 0.6 is 0 Å². The highest BCUT2D eigenvalue weighted by molar-refractivity contribution is 5.15. The summed E-state index contributed by atoms with van der Waals surface area (Å²) >= 11 is 0. The molecular weight excluding hydrogens is 198 g/mol. The molecule has 16 heavy (non-hydrogen) atoms. The number of piperazine rings is 1. The van der Waals surface area contributed by atoms with E-state index < -0.39 is 0 Å². The molecule has 1 saturated heterocycles. The van der Waals surface area contributed by atoms with Gasteiger partial charge in [0.15, 0.2) is 0 Å². The van der Waals surface area contributed by atoms with E-state index >= 15 is 0 Å². The quantitative estimate of drug-likeness (QED) is 0.761. The lowest BCUT2D eigenvalue weighted by atomic mass is 10.1. The third kappa shape index (κ3) is 5.24. The van der Waals surface area contributed by atoms with E-state index in [4.69, 9.17) is 0 Å². The number of pyridine rings is 1. The van der Waals surface area contributed by atoms with Crippen molar-refractivity contribution in [1.82, 2.24) is 15.6 Å². The summed E-state index contributed by atoms with van der Waals surface area (Å²) < 4.78 is 0. The van der Waals surface area contributed by atoms with Gasteiger partial charge in [-0.3, -0.25) is 4.98 Å². The SMILES string of the molecule is CC(C)C.c1cc(C2CNCCN2)ccn1. The highest BCUT2D eigenvalue weighted by atomic mass is 15.1. The monoisotopic (exact) mass is 221 g/mol. The van der Waals surface area contributed by atoms with Crippen molar-refractivity contribution in [3.8, 4) is 0 Å². The van der Waals surface area contributed by atoms with Gasteiger partial charge in [-0.05, 0) is 23.6 Å². The van der Waals surface area contributed by atoms with Gasteiger partial charge >= 0.3 is 0 Å². The van der Waals surface area contributed by atoms with Crippen molar-refractivity contribution in [2.45, 2.75) is 26.8 Å². The molecule has 1 aromatic rings. The van der Waals surface area contributed by atoms with Gasteiger partial charge < -0.3 is 10.6 Å². The van der Waals surface area contributed by atoms with Crippen LogP contribution in [0.1, 0.15) is 32.4 Å². The van der Waals surface area contributed by atoms with Gasteiger partial charge in [-0.2, -0.15) is 0 Å². The van der Waals surface area contributed by atoms with Crippen LogP contribution in [0.15, 0.2) is 24.5 Å². The molecule has 2 rings (SSSR count). The molecule has 0 saturated carbocycles. The average molecular weight is 221 g/mol. The van der Waals surface area contributed by atoms with Crippen molar-refractivity contribution >= 4 is 0 Å². The Bertz CT molecular complexity index is 263. The van der Waals surface area contributed by atoms with Crippen LogP contribution in [0.25, 0.3) is 0 Å². The van der Waals surface area contributed by atoms with Gasteiger partial charge in [0.1, 0.15) is 0 Å². The van der Waals surface area contributed by atoms with E-state index in [1.807, 2.05) is 12.4 Å². The molecule has 0 amide bonds. The summed E-state index contributed by atoms with van der Waals surface area (Å²) in [6.45, 7) is 9.64. The second-order valence-corrected chi connectivity index (χ2v) is 4.72. The second kappa shape index (κ2) is 7.36. The first-order valence-corrected chi connectivity index (χ1v) is 6.04. The summed E-state index contributed by atoms with van der Waals surface area (Å²) in [5.74, 6) is 0.833. The van der Waals surface area contributed by atoms with Crippen molar-refractivity contribution in [2.24, 2.45) is 5.92 Å². The van der Waals surface area contributed by atoms with Crippen LogP contribution in [0.3, 0.4) is 0 Å². The molecule has 3 nitrogen and oxygen atoms in total. The molecule has 3 heteroatoms. The highest BCUT2D eigenvalue weighted by Gasteiger charge is 2.12. The maximum Gasteiger partial charge on any atom is 0.0448 e. The van der Waals surface area contributed by atoms with E-state index in [-0.39, 0.29) is 0 Å². The van der Waals surface area contributed by atoms with E-state index in [0.29, 0.717) is 6.04 Å². The molecule has 2 heterocycles. The van der Waals surface area contributed by atoms with E-state index in [0.717, 1.165) is 25.6 Å². The molecule has 90 valence electrons. The Balaban J connectivity index is 0.000000280. The van der Waals surface area contributed by atoms with Crippen LogP contribution in [0, 0.1) is 5.92 Å². The van der Waals surface area contributed by atoms with Crippen LogP contribution in [0.2, 0.25) is 0 Å². The molecule has 0 aliphatic carbocycles. The van der Waals surface area contributed by atoms with Gasteiger partial charge in [0.2, 0.25) is 0 Å². The Morgan fingerprint density at radius 3 is 2.31 bits per heavy atom. The molecule has 1 atom stereocenters. The van der Waals surface area contributed by atoms with Gasteiger partial charge in [-0.25, -0.2) is 0 Å². The van der Waals surface area contributed by atoms with Gasteiger partial charge in [0.25, 0.3) is 0 Å². The first-order chi connectivity index (χ1) is 7.70. The number of aromatic nitrogens is 1. The summed E-state index contributed by atoms with van der Waals surface area (Å²) in [5.41, 5.74) is 1.32. The third-order valence-corrected chi connectivity index (χ3v) is 2.15. The van der Waals surface area contributed by atoms with Crippen LogP contribution in [-0.2, 0) is 0 Å². The Hall–Kier alpha value is -0.930. The zero-order valence-electron chi connectivity index (χ0n) is 10.5. The molecule has 0 bridgehead atoms. The Kier molecular flexibility index (Phi) is 6.04. The van der Waals surface area contributed by atoms with E-state index in [2.05, 4.69) is 48.5 Å². The summed E-state index contributed by atoms with van der Waals surface area (Å²) in [5, 5.41) is 6.80. The minimum absolute atomic E-state index is 0.460. The fraction of sp³-hybridized carbons (Fsp3) is 0.615. The highest BCUT2D eigenvalue weighted by Crippen LogP contribution is 2.11. The maximum atomic E-state index is 3.99. The van der Waals surface area contributed by atoms with Crippen LogP contribution in [-0.4, -0.2) is 24.6 Å². The maximum absolute atomic E-state index is 3.99. The molecule has 1 unspecified atom stereocenters. The van der Waals surface area contributed by atoms with E-state index in [1.54, 1.807) is 0 Å². The van der Waals surface area contributed by atoms with Crippen LogP contribution in [0.4, 0.5) is 0 Å². The van der Waals surface area contributed by atoms with Crippen molar-refractivity contribution < 1.29 is 0 Å². The predicted octanol–water partition coefficient (Wildman–Crippen LogP) is 1.98. The standard InChI is InChI=1S/C9H13N3.C4H10/c1-3-10-4-2-8(1)9-7-11-5-6-12-9;1-4(2)3/h1-4,9,11-12H,5-7H2;4H,1-3H3. The van der Waals surface area contributed by atoms with Crippen LogP contribution in [0.5, 0.6) is 0 Å². The lowest BCUT2D eigenvalue weighted by Crippen LogP contribution is -2.42. The molecule has 0 radical (unpaired) electrons. The summed E-state index contributed by atoms with van der Waals surface area (Å²) in [4.78, 5) is 3.99. The Morgan fingerprint density at radius 2 is 1.81 bits per heavy atom. The topological polar surface area (TPSA) is 37.0 Å². The van der Waals surface area contributed by atoms with Crippen molar-refractivity contribution in [3.05, 3.63) is 30.1 Å². The summed E-state index contributed by atoms with van der Waals surface area (Å²) in [7, 11) is 0. The van der Waals surface area contributed by atoms with Gasteiger partial charge in [0.05, 0.1) is 0 Å². The first kappa shape index (κ1) is 13.1. The predicted molar refractivity (Wildman–Crippen MR) is 68.4 cm³/mol. The number of rotatable bonds is 1. The Labute approximate surface area is 98.7 Å². The van der Waals surface area contributed by atoms with Crippen molar-refractivity contribution in [3.63, 3.8) is 0 Å². The lowest BCUT2D eigenvalue weighted by molar-refractivity contribution is 0.430. The number of hydrogen-bond donors (Lipinski definition) is 2. The smallest absolute Gasteiger partial charge is 0.0448 e. The van der Waals surface area contributed by atoms with E-state index in [9.17, 15) is 0 Å². The van der Waals surface area contributed by atoms with E-state index in [1.165, 1.54) is 5.56 Å². The molecule has 0 aromatic carbocycles.